The van der Waals surface area contributed by atoms with Crippen LogP contribution < -0.4 is 0 Å². The molecule has 0 radical (unpaired) electrons. The van der Waals surface area contributed by atoms with Crippen molar-refractivity contribution in [2.45, 2.75) is 45.4 Å². The highest BCUT2D eigenvalue weighted by Gasteiger charge is 1.96. The van der Waals surface area contributed by atoms with Crippen molar-refractivity contribution < 1.29 is 0 Å². The van der Waals surface area contributed by atoms with Gasteiger partial charge >= 0.3 is 0 Å². The lowest BCUT2D eigenvalue weighted by atomic mass is 10.0. The average Bonchev–Trinajstić information content (AvgIpc) is 2.11. The van der Waals surface area contributed by atoms with Crippen molar-refractivity contribution in [1.82, 2.24) is 0 Å². The van der Waals surface area contributed by atoms with Crippen LogP contribution in [0.15, 0.2) is 24.3 Å². The number of hydrogen-bond donors (Lipinski definition) is 0. The molecule has 1 rings (SSSR count). The van der Waals surface area contributed by atoms with E-state index in [4.69, 9.17) is 0 Å². The second-order valence-electron chi connectivity index (χ2n) is 3.80. The summed E-state index contributed by atoms with van der Waals surface area (Å²) < 4.78 is 0. The van der Waals surface area contributed by atoms with Gasteiger partial charge in [-0.05, 0) is 44.4 Å². The van der Waals surface area contributed by atoms with Crippen LogP contribution >= 0.6 is 0 Å². The van der Waals surface area contributed by atoms with Crippen molar-refractivity contribution in [3.05, 3.63) is 24.3 Å². The van der Waals surface area contributed by atoms with Gasteiger partial charge in [0.1, 0.15) is 0 Å². The zero-order valence-electron chi connectivity index (χ0n) is 8.13. The van der Waals surface area contributed by atoms with E-state index in [-0.39, 0.29) is 0 Å². The predicted octanol–water partition coefficient (Wildman–Crippen LogP) is 4.09. The highest BCUT2D eigenvalue weighted by molar-refractivity contribution is 4.89. The standard InChI is InChI=1S/C12H20/c1-12-10-8-6-4-2-3-5-7-9-11-12/h6-9,12H,2-5,10-11H2,1H3. The van der Waals surface area contributed by atoms with E-state index >= 15 is 0 Å². The third kappa shape index (κ3) is 4.38. The number of hydrogen-bond acceptors (Lipinski definition) is 0. The summed E-state index contributed by atoms with van der Waals surface area (Å²) >= 11 is 0. The van der Waals surface area contributed by atoms with E-state index in [2.05, 4.69) is 31.2 Å². The molecule has 0 aromatic heterocycles. The first-order chi connectivity index (χ1) is 5.89. The summed E-state index contributed by atoms with van der Waals surface area (Å²) in [6.07, 6.45) is 17.2. The molecule has 0 saturated heterocycles. The quantitative estimate of drug-likeness (QED) is 0.473. The zero-order valence-corrected chi connectivity index (χ0v) is 8.13. The molecule has 0 spiro atoms. The molecular weight excluding hydrogens is 144 g/mol. The van der Waals surface area contributed by atoms with Crippen molar-refractivity contribution in [1.29, 1.82) is 0 Å². The molecule has 0 unspecified atom stereocenters. The highest BCUT2D eigenvalue weighted by Crippen LogP contribution is 2.12. The van der Waals surface area contributed by atoms with E-state index in [1.54, 1.807) is 0 Å². The van der Waals surface area contributed by atoms with Crippen LogP contribution in [0.2, 0.25) is 0 Å². The van der Waals surface area contributed by atoms with Crippen molar-refractivity contribution in [2.75, 3.05) is 0 Å². The monoisotopic (exact) mass is 164 g/mol. The normalized spacial score (nSPS) is 26.6. The lowest BCUT2D eigenvalue weighted by Gasteiger charge is -2.02. The van der Waals surface area contributed by atoms with Gasteiger partial charge in [-0.1, -0.05) is 31.2 Å². The Morgan fingerprint density at radius 2 is 1.33 bits per heavy atom. The minimum Gasteiger partial charge on any atom is -0.0885 e. The van der Waals surface area contributed by atoms with Crippen molar-refractivity contribution >= 4 is 0 Å². The fourth-order valence-corrected chi connectivity index (χ4v) is 1.51. The lowest BCUT2D eigenvalue weighted by Crippen LogP contribution is -1.88. The molecule has 68 valence electrons. The van der Waals surface area contributed by atoms with E-state index in [1.165, 1.54) is 38.5 Å². The molecule has 0 heteroatoms. The van der Waals surface area contributed by atoms with Crippen LogP contribution in [0.3, 0.4) is 0 Å². The molecule has 0 nitrogen and oxygen atoms in total. The summed E-state index contributed by atoms with van der Waals surface area (Å²) in [7, 11) is 0. The molecule has 0 aliphatic heterocycles. The van der Waals surface area contributed by atoms with Gasteiger partial charge in [0.2, 0.25) is 0 Å². The predicted molar refractivity (Wildman–Crippen MR) is 55.1 cm³/mol. The Kier molecular flexibility index (Phi) is 4.82. The first-order valence-corrected chi connectivity index (χ1v) is 5.19. The van der Waals surface area contributed by atoms with Gasteiger partial charge in [0.25, 0.3) is 0 Å². The maximum absolute atomic E-state index is 2.35. The van der Waals surface area contributed by atoms with Gasteiger partial charge in [0, 0.05) is 0 Å². The van der Waals surface area contributed by atoms with Crippen LogP contribution in [0.5, 0.6) is 0 Å². The number of allylic oxidation sites excluding steroid dienone is 4. The van der Waals surface area contributed by atoms with E-state index in [1.807, 2.05) is 0 Å². The number of rotatable bonds is 0. The maximum Gasteiger partial charge on any atom is -0.0322 e. The molecule has 0 fully saturated rings. The summed E-state index contributed by atoms with van der Waals surface area (Å²) in [5, 5.41) is 0. The second-order valence-corrected chi connectivity index (χ2v) is 3.80. The third-order valence-electron chi connectivity index (χ3n) is 2.40. The van der Waals surface area contributed by atoms with Crippen LogP contribution in [0, 0.1) is 5.92 Å². The van der Waals surface area contributed by atoms with Gasteiger partial charge in [-0.25, -0.2) is 0 Å². The van der Waals surface area contributed by atoms with Gasteiger partial charge in [-0.3, -0.25) is 0 Å². The zero-order chi connectivity index (χ0) is 8.65. The van der Waals surface area contributed by atoms with E-state index in [9.17, 15) is 0 Å². The van der Waals surface area contributed by atoms with E-state index in [0.717, 1.165) is 5.92 Å². The molecule has 0 saturated carbocycles. The SMILES string of the molecule is CC1CC=CCCCCC=CC1. The van der Waals surface area contributed by atoms with Gasteiger partial charge < -0.3 is 0 Å². The Morgan fingerprint density at radius 3 is 1.83 bits per heavy atom. The third-order valence-corrected chi connectivity index (χ3v) is 2.40. The summed E-state index contributed by atoms with van der Waals surface area (Å²) in [4.78, 5) is 0. The molecule has 0 aromatic rings. The largest absolute Gasteiger partial charge is 0.0885 e. The van der Waals surface area contributed by atoms with Gasteiger partial charge in [-0.2, -0.15) is 0 Å². The Bertz CT molecular complexity index is 135. The molecule has 0 N–H and O–H groups in total. The Hall–Kier alpha value is -0.520. The summed E-state index contributed by atoms with van der Waals surface area (Å²) in [6.45, 7) is 2.33. The maximum atomic E-state index is 2.35. The molecular formula is C12H20. The van der Waals surface area contributed by atoms with Crippen LogP contribution in [0.1, 0.15) is 45.4 Å². The van der Waals surface area contributed by atoms with Gasteiger partial charge in [0.15, 0.2) is 0 Å². The first-order valence-electron chi connectivity index (χ1n) is 5.19. The molecule has 1 aliphatic carbocycles. The summed E-state index contributed by atoms with van der Waals surface area (Å²) in [5.41, 5.74) is 0. The second kappa shape index (κ2) is 6.05. The van der Waals surface area contributed by atoms with Crippen LogP contribution in [-0.4, -0.2) is 0 Å². The van der Waals surface area contributed by atoms with Crippen molar-refractivity contribution in [3.8, 4) is 0 Å². The molecule has 0 bridgehead atoms. The van der Waals surface area contributed by atoms with Crippen LogP contribution in [0.25, 0.3) is 0 Å². The summed E-state index contributed by atoms with van der Waals surface area (Å²) in [6, 6.07) is 0. The lowest BCUT2D eigenvalue weighted by molar-refractivity contribution is 0.602. The molecule has 0 amide bonds. The Labute approximate surface area is 76.4 Å². The van der Waals surface area contributed by atoms with Crippen molar-refractivity contribution in [2.24, 2.45) is 5.92 Å². The minimum atomic E-state index is 0.829. The van der Waals surface area contributed by atoms with E-state index in [0.29, 0.717) is 0 Å². The molecule has 1 aliphatic rings. The highest BCUT2D eigenvalue weighted by atomic mass is 14.0. The fourth-order valence-electron chi connectivity index (χ4n) is 1.51. The molecule has 0 heterocycles. The topological polar surface area (TPSA) is 0 Å². The molecule has 0 atom stereocenters. The van der Waals surface area contributed by atoms with Crippen molar-refractivity contribution in [3.63, 3.8) is 0 Å². The summed E-state index contributed by atoms with van der Waals surface area (Å²) in [5.74, 6) is 0.829. The average molecular weight is 164 g/mol. The van der Waals surface area contributed by atoms with Crippen LogP contribution in [0.4, 0.5) is 0 Å². The smallest absolute Gasteiger partial charge is 0.0322 e. The molecule has 12 heavy (non-hydrogen) atoms. The Balaban J connectivity index is 2.34. The van der Waals surface area contributed by atoms with E-state index < -0.39 is 0 Å². The fraction of sp³-hybridized carbons (Fsp3) is 0.667. The molecule has 0 aromatic carbocycles. The first kappa shape index (κ1) is 9.57. The minimum absolute atomic E-state index is 0.829. The van der Waals surface area contributed by atoms with Gasteiger partial charge in [0.05, 0.1) is 0 Å². The Morgan fingerprint density at radius 1 is 0.833 bits per heavy atom. The van der Waals surface area contributed by atoms with Gasteiger partial charge in [-0.15, -0.1) is 0 Å². The van der Waals surface area contributed by atoms with Crippen LogP contribution in [-0.2, 0) is 0 Å².